The van der Waals surface area contributed by atoms with Crippen LogP contribution in [-0.4, -0.2) is 16.7 Å². The zero-order valence-corrected chi connectivity index (χ0v) is 13.1. The van der Waals surface area contributed by atoms with Gasteiger partial charge in [0.1, 0.15) is 16.7 Å². The van der Waals surface area contributed by atoms with Crippen LogP contribution in [0, 0.1) is 12.3 Å². The first-order valence-electron chi connectivity index (χ1n) is 7.53. The highest BCUT2D eigenvalue weighted by atomic mass is 32.1. The number of aromatic nitrogens is 1. The summed E-state index contributed by atoms with van der Waals surface area (Å²) in [5.74, 6) is 0.346. The molecule has 1 fully saturated rings. The van der Waals surface area contributed by atoms with Gasteiger partial charge in [0.25, 0.3) is 0 Å². The molecule has 0 bridgehead atoms. The molecule has 0 radical (unpaired) electrons. The molecule has 2 aromatic rings. The van der Waals surface area contributed by atoms with Crippen molar-refractivity contribution in [1.29, 1.82) is 0 Å². The largest absolute Gasteiger partial charge is 0.444 e. The van der Waals surface area contributed by atoms with E-state index in [1.54, 1.807) is 6.20 Å². The number of nitrogens with one attached hydrogen (secondary N) is 1. The summed E-state index contributed by atoms with van der Waals surface area (Å²) in [6.45, 7) is 1.90. The van der Waals surface area contributed by atoms with Crippen molar-refractivity contribution in [2.45, 2.75) is 39.0 Å². The number of thiophene rings is 1. The van der Waals surface area contributed by atoms with Gasteiger partial charge in [0.05, 0.1) is 16.6 Å². The Balaban J connectivity index is 1.85. The molecule has 5 nitrogen and oxygen atoms in total. The van der Waals surface area contributed by atoms with Crippen molar-refractivity contribution in [3.05, 3.63) is 23.6 Å². The van der Waals surface area contributed by atoms with Crippen molar-refractivity contribution >= 4 is 28.0 Å². The Kier molecular flexibility index (Phi) is 2.97. The number of ketones is 1. The molecule has 22 heavy (non-hydrogen) atoms. The first-order valence-corrected chi connectivity index (χ1v) is 8.35. The van der Waals surface area contributed by atoms with Gasteiger partial charge in [-0.25, -0.2) is 4.98 Å². The lowest BCUT2D eigenvalue weighted by Crippen LogP contribution is -2.47. The summed E-state index contributed by atoms with van der Waals surface area (Å²) in [5, 5.41) is 3.60. The quantitative estimate of drug-likeness (QED) is 0.812. The fourth-order valence-electron chi connectivity index (χ4n) is 3.59. The Hall–Kier alpha value is -1.95. The molecule has 1 N–H and O–H groups in total. The molecule has 114 valence electrons. The van der Waals surface area contributed by atoms with Gasteiger partial charge in [0.15, 0.2) is 5.78 Å². The van der Waals surface area contributed by atoms with Gasteiger partial charge in [-0.2, -0.15) is 0 Å². The molecule has 0 atom stereocenters. The Morgan fingerprint density at radius 3 is 2.73 bits per heavy atom. The first-order chi connectivity index (χ1) is 10.6. The lowest BCUT2D eigenvalue weighted by Gasteiger charge is -2.37. The van der Waals surface area contributed by atoms with Crippen LogP contribution in [0.5, 0.6) is 0 Å². The number of carbonyl (C=O) groups excluding carboxylic acids is 2. The third-order valence-corrected chi connectivity index (χ3v) is 6.00. The lowest BCUT2D eigenvalue weighted by atomic mass is 9.67. The van der Waals surface area contributed by atoms with Gasteiger partial charge in [-0.15, -0.1) is 11.3 Å². The van der Waals surface area contributed by atoms with Gasteiger partial charge in [-0.3, -0.25) is 9.59 Å². The van der Waals surface area contributed by atoms with E-state index < -0.39 is 5.41 Å². The highest BCUT2D eigenvalue weighted by Crippen LogP contribution is 2.49. The predicted octanol–water partition coefficient (Wildman–Crippen LogP) is 3.80. The van der Waals surface area contributed by atoms with Gasteiger partial charge in [0.2, 0.25) is 11.8 Å². The highest BCUT2D eigenvalue weighted by Gasteiger charge is 2.51. The molecule has 1 aliphatic heterocycles. The topological polar surface area (TPSA) is 72.2 Å². The Morgan fingerprint density at radius 2 is 2.05 bits per heavy atom. The zero-order chi connectivity index (χ0) is 15.3. The highest BCUT2D eigenvalue weighted by molar-refractivity contribution is 7.20. The fraction of sp³-hybridized carbons (Fsp3) is 0.438. The van der Waals surface area contributed by atoms with Crippen LogP contribution in [-0.2, 0) is 4.79 Å². The van der Waals surface area contributed by atoms with Crippen molar-refractivity contribution in [3.63, 3.8) is 0 Å². The molecule has 0 aromatic carbocycles. The lowest BCUT2D eigenvalue weighted by molar-refractivity contribution is -0.124. The SMILES string of the molecule is Cc1c(-c2ncco2)sc2c1C(=O)C1(CCCCC1)C(=O)N2. The molecular weight excluding hydrogens is 300 g/mol. The molecular formula is C16H16N2O3S. The molecule has 2 aliphatic rings. The van der Waals surface area contributed by atoms with E-state index >= 15 is 0 Å². The van der Waals surface area contributed by atoms with Crippen LogP contribution in [0.1, 0.15) is 48.0 Å². The van der Waals surface area contributed by atoms with E-state index in [-0.39, 0.29) is 11.7 Å². The Morgan fingerprint density at radius 1 is 1.27 bits per heavy atom. The van der Waals surface area contributed by atoms with Gasteiger partial charge in [-0.05, 0) is 25.3 Å². The summed E-state index contributed by atoms with van der Waals surface area (Å²) in [7, 11) is 0. The van der Waals surface area contributed by atoms with E-state index in [0.717, 1.165) is 29.7 Å². The smallest absolute Gasteiger partial charge is 0.239 e. The van der Waals surface area contributed by atoms with Crippen molar-refractivity contribution in [2.24, 2.45) is 5.41 Å². The van der Waals surface area contributed by atoms with E-state index in [1.165, 1.54) is 17.6 Å². The van der Waals surface area contributed by atoms with Crippen LogP contribution in [0.2, 0.25) is 0 Å². The van der Waals surface area contributed by atoms with Gasteiger partial charge in [-0.1, -0.05) is 19.3 Å². The predicted molar refractivity (Wildman–Crippen MR) is 83.0 cm³/mol. The van der Waals surface area contributed by atoms with Crippen LogP contribution >= 0.6 is 11.3 Å². The summed E-state index contributed by atoms with van der Waals surface area (Å²) in [5.41, 5.74) is 0.655. The number of amides is 1. The van der Waals surface area contributed by atoms with Crippen LogP contribution in [0.15, 0.2) is 16.9 Å². The van der Waals surface area contributed by atoms with E-state index in [9.17, 15) is 9.59 Å². The van der Waals surface area contributed by atoms with Crippen molar-refractivity contribution in [1.82, 2.24) is 4.98 Å². The second-order valence-corrected chi connectivity index (χ2v) is 7.04. The number of anilines is 1. The molecule has 0 unspecified atom stereocenters. The standard InChI is InChI=1S/C16H16N2O3S/c1-9-10-12(19)16(5-3-2-4-6-16)15(20)18-14(10)22-11(9)13-17-7-8-21-13/h7-8H,2-6H2,1H3,(H,18,20). The van der Waals surface area contributed by atoms with Gasteiger partial charge < -0.3 is 9.73 Å². The van der Waals surface area contributed by atoms with Crippen LogP contribution in [0.25, 0.3) is 10.8 Å². The third-order valence-electron chi connectivity index (χ3n) is 4.80. The Labute approximate surface area is 131 Å². The van der Waals surface area contributed by atoms with Crippen molar-refractivity contribution < 1.29 is 14.0 Å². The number of hydrogen-bond donors (Lipinski definition) is 1. The minimum absolute atomic E-state index is 0.0162. The van der Waals surface area contributed by atoms with Crippen molar-refractivity contribution in [2.75, 3.05) is 5.32 Å². The minimum Gasteiger partial charge on any atom is -0.444 e. The van der Waals surface area contributed by atoms with Crippen LogP contribution < -0.4 is 5.32 Å². The summed E-state index contributed by atoms with van der Waals surface area (Å²) in [6.07, 6.45) is 7.36. The van der Waals surface area contributed by atoms with Gasteiger partial charge >= 0.3 is 0 Å². The molecule has 6 heteroatoms. The maximum absolute atomic E-state index is 13.1. The maximum Gasteiger partial charge on any atom is 0.239 e. The first kappa shape index (κ1) is 13.7. The molecule has 1 aliphatic carbocycles. The van der Waals surface area contributed by atoms with Gasteiger partial charge in [0, 0.05) is 0 Å². The molecule has 1 saturated carbocycles. The number of oxazole rings is 1. The Bertz CT molecular complexity index is 755. The maximum atomic E-state index is 13.1. The van der Waals surface area contributed by atoms with Crippen LogP contribution in [0.4, 0.5) is 5.00 Å². The zero-order valence-electron chi connectivity index (χ0n) is 12.3. The number of nitrogens with zero attached hydrogens (tertiary/aromatic N) is 1. The summed E-state index contributed by atoms with van der Waals surface area (Å²) in [6, 6.07) is 0. The molecule has 3 heterocycles. The molecule has 0 saturated heterocycles. The molecule has 1 spiro atoms. The normalized spacial score (nSPS) is 20.0. The van der Waals surface area contributed by atoms with E-state index in [4.69, 9.17) is 4.42 Å². The summed E-state index contributed by atoms with van der Waals surface area (Å²) < 4.78 is 5.35. The van der Waals surface area contributed by atoms with E-state index in [0.29, 0.717) is 29.3 Å². The third kappa shape index (κ3) is 1.73. The van der Waals surface area contributed by atoms with E-state index in [2.05, 4.69) is 10.3 Å². The summed E-state index contributed by atoms with van der Waals surface area (Å²) in [4.78, 5) is 30.7. The fourth-order valence-corrected chi connectivity index (χ4v) is 4.73. The number of fused-ring (bicyclic) bond motifs is 1. The number of carbonyl (C=O) groups is 2. The second-order valence-electron chi connectivity index (χ2n) is 6.02. The van der Waals surface area contributed by atoms with Crippen LogP contribution in [0.3, 0.4) is 0 Å². The number of Topliss-reactive ketones (excluding diaryl/α,β-unsaturated/α-hetero) is 1. The van der Waals surface area contributed by atoms with E-state index in [1.807, 2.05) is 6.92 Å². The molecule has 2 aromatic heterocycles. The molecule has 1 amide bonds. The second kappa shape index (κ2) is 4.78. The summed E-state index contributed by atoms with van der Waals surface area (Å²) >= 11 is 1.37. The average molecular weight is 316 g/mol. The van der Waals surface area contributed by atoms with Crippen molar-refractivity contribution in [3.8, 4) is 10.8 Å². The minimum atomic E-state index is -0.856. The number of hydrogen-bond acceptors (Lipinski definition) is 5. The monoisotopic (exact) mass is 316 g/mol. The average Bonchev–Trinajstić information content (AvgIpc) is 3.14. The molecule has 4 rings (SSSR count). The number of rotatable bonds is 1.